The van der Waals surface area contributed by atoms with Crippen LogP contribution in [0.25, 0.3) is 0 Å². The number of thioether (sulfide) groups is 1. The molecule has 0 aliphatic carbocycles. The highest BCUT2D eigenvalue weighted by molar-refractivity contribution is 9.10. The zero-order valence-electron chi connectivity index (χ0n) is 13.3. The highest BCUT2D eigenvalue weighted by Crippen LogP contribution is 2.14. The highest BCUT2D eigenvalue weighted by Gasteiger charge is 2.09. The largest absolute Gasteiger partial charge is 0.465 e. The van der Waals surface area contributed by atoms with Gasteiger partial charge in [-0.3, -0.25) is 4.79 Å². The number of carbonyl (C=O) groups excluding carboxylic acids is 1. The van der Waals surface area contributed by atoms with Gasteiger partial charge in [-0.05, 0) is 23.6 Å². The van der Waals surface area contributed by atoms with Crippen molar-refractivity contribution < 1.29 is 9.53 Å². The molecular formula is C15H18BrN5O2S. The van der Waals surface area contributed by atoms with Crippen molar-refractivity contribution in [1.82, 2.24) is 15.2 Å². The van der Waals surface area contributed by atoms with E-state index in [0.29, 0.717) is 23.6 Å². The topological polar surface area (TPSA) is 92.3 Å². The number of nitrogens with zero attached hydrogens (tertiary/aromatic N) is 3. The van der Waals surface area contributed by atoms with E-state index in [1.165, 1.54) is 11.8 Å². The van der Waals surface area contributed by atoms with Gasteiger partial charge in [-0.25, -0.2) is 10.5 Å². The molecule has 2 rings (SSSR count). The normalized spacial score (nSPS) is 11.2. The third-order valence-electron chi connectivity index (χ3n) is 2.59. The first-order valence-electron chi connectivity index (χ1n) is 7.28. The van der Waals surface area contributed by atoms with Gasteiger partial charge < -0.3 is 4.74 Å². The van der Waals surface area contributed by atoms with Gasteiger partial charge in [0.2, 0.25) is 11.1 Å². The average molecular weight is 412 g/mol. The van der Waals surface area contributed by atoms with E-state index in [9.17, 15) is 4.79 Å². The van der Waals surface area contributed by atoms with Crippen molar-refractivity contribution >= 4 is 45.8 Å². The maximum Gasteiger partial charge on any atom is 0.316 e. The summed E-state index contributed by atoms with van der Waals surface area (Å²) in [5, 5.41) is 11.2. The smallest absolute Gasteiger partial charge is 0.316 e. The summed E-state index contributed by atoms with van der Waals surface area (Å²) in [5.41, 5.74) is 3.70. The Bertz CT molecular complexity index is 705. The number of ether oxygens (including phenoxy) is 1. The van der Waals surface area contributed by atoms with Gasteiger partial charge >= 0.3 is 5.97 Å². The lowest BCUT2D eigenvalue weighted by molar-refractivity contribution is -0.141. The minimum absolute atomic E-state index is 0.172. The number of nitrogens with one attached hydrogen (secondary N) is 2. The van der Waals surface area contributed by atoms with Gasteiger partial charge in [0.15, 0.2) is 0 Å². The van der Waals surface area contributed by atoms with Crippen molar-refractivity contribution in [2.45, 2.75) is 19.0 Å². The molecule has 0 aliphatic heterocycles. The number of aromatic nitrogens is 3. The van der Waals surface area contributed by atoms with Gasteiger partial charge in [-0.2, -0.15) is 10.1 Å². The molecule has 128 valence electrons. The van der Waals surface area contributed by atoms with Gasteiger partial charge in [0.25, 0.3) is 0 Å². The number of rotatable bonds is 8. The molecule has 0 radical (unpaired) electrons. The van der Waals surface area contributed by atoms with E-state index >= 15 is 0 Å². The Morgan fingerprint density at radius 1 is 1.54 bits per heavy atom. The van der Waals surface area contributed by atoms with Crippen LogP contribution < -0.4 is 5.43 Å². The standard InChI is InChI=1S/C15H18BrN5O2S/c1-10(2)8-23-13(22)9-24-15-18-14(20-21-15)19-17-7-11-4-3-5-12(16)6-11/h3-7,10H,8-9H2,1-2H3,(H2,18,19,20,21)/b17-7-. The molecule has 0 unspecified atom stereocenters. The average Bonchev–Trinajstić information content (AvgIpc) is 2.99. The molecule has 2 N–H and O–H groups in total. The monoisotopic (exact) mass is 411 g/mol. The van der Waals surface area contributed by atoms with E-state index < -0.39 is 0 Å². The van der Waals surface area contributed by atoms with Gasteiger partial charge in [0, 0.05) is 4.47 Å². The van der Waals surface area contributed by atoms with Crippen LogP contribution in [0.15, 0.2) is 39.0 Å². The van der Waals surface area contributed by atoms with Crippen LogP contribution >= 0.6 is 27.7 Å². The van der Waals surface area contributed by atoms with E-state index in [2.05, 4.69) is 41.6 Å². The van der Waals surface area contributed by atoms with E-state index in [1.54, 1.807) is 6.21 Å². The van der Waals surface area contributed by atoms with Crippen LogP contribution in [-0.2, 0) is 9.53 Å². The molecule has 1 aromatic carbocycles. The SMILES string of the molecule is CC(C)COC(=O)CSc1n[nH]c(N/N=C\c2cccc(Br)c2)n1. The number of carbonyl (C=O) groups is 1. The first kappa shape index (κ1) is 18.5. The minimum Gasteiger partial charge on any atom is -0.465 e. The third-order valence-corrected chi connectivity index (χ3v) is 3.91. The Morgan fingerprint density at radius 3 is 3.12 bits per heavy atom. The summed E-state index contributed by atoms with van der Waals surface area (Å²) in [7, 11) is 0. The minimum atomic E-state index is -0.277. The second-order valence-corrected chi connectivity index (χ2v) is 7.12. The van der Waals surface area contributed by atoms with E-state index in [1.807, 2.05) is 38.1 Å². The van der Waals surface area contributed by atoms with Crippen LogP contribution in [0.1, 0.15) is 19.4 Å². The molecule has 0 aliphatic rings. The molecule has 0 spiro atoms. The fraction of sp³-hybridized carbons (Fsp3) is 0.333. The molecule has 0 atom stereocenters. The number of benzene rings is 1. The number of hydrogen-bond donors (Lipinski definition) is 2. The van der Waals surface area contributed by atoms with Crippen molar-refractivity contribution in [3.05, 3.63) is 34.3 Å². The summed E-state index contributed by atoms with van der Waals surface area (Å²) in [4.78, 5) is 15.7. The number of aromatic amines is 1. The molecule has 0 bridgehead atoms. The Morgan fingerprint density at radius 2 is 2.38 bits per heavy atom. The van der Waals surface area contributed by atoms with Crippen LogP contribution in [0, 0.1) is 5.92 Å². The van der Waals surface area contributed by atoms with E-state index in [-0.39, 0.29) is 11.7 Å². The van der Waals surface area contributed by atoms with E-state index in [0.717, 1.165) is 10.0 Å². The molecule has 2 aromatic rings. The van der Waals surface area contributed by atoms with Crippen LogP contribution in [-0.4, -0.2) is 39.7 Å². The molecule has 9 heteroatoms. The van der Waals surface area contributed by atoms with E-state index in [4.69, 9.17) is 4.74 Å². The first-order valence-corrected chi connectivity index (χ1v) is 9.06. The summed E-state index contributed by atoms with van der Waals surface area (Å²) >= 11 is 4.61. The van der Waals surface area contributed by atoms with Crippen molar-refractivity contribution in [2.75, 3.05) is 17.8 Å². The summed E-state index contributed by atoms with van der Waals surface area (Å²) in [6, 6.07) is 7.74. The summed E-state index contributed by atoms with van der Waals surface area (Å²) < 4.78 is 6.07. The van der Waals surface area contributed by atoms with Crippen LogP contribution in [0.3, 0.4) is 0 Å². The van der Waals surface area contributed by atoms with Crippen molar-refractivity contribution in [3.63, 3.8) is 0 Å². The lowest BCUT2D eigenvalue weighted by Crippen LogP contribution is -2.11. The number of H-pyrrole nitrogens is 1. The predicted octanol–water partition coefficient (Wildman–Crippen LogP) is 3.30. The molecule has 7 nitrogen and oxygen atoms in total. The first-order chi connectivity index (χ1) is 11.5. The fourth-order valence-corrected chi connectivity index (χ4v) is 2.55. The number of esters is 1. The molecular weight excluding hydrogens is 394 g/mol. The molecule has 0 fully saturated rings. The third kappa shape index (κ3) is 6.71. The zero-order valence-corrected chi connectivity index (χ0v) is 15.7. The lowest BCUT2D eigenvalue weighted by Gasteiger charge is -2.05. The second-order valence-electron chi connectivity index (χ2n) is 5.26. The van der Waals surface area contributed by atoms with Gasteiger partial charge in [-0.1, -0.05) is 53.7 Å². The Labute approximate surface area is 152 Å². The van der Waals surface area contributed by atoms with Crippen LogP contribution in [0.5, 0.6) is 0 Å². The number of anilines is 1. The van der Waals surface area contributed by atoms with Crippen molar-refractivity contribution in [1.29, 1.82) is 0 Å². The second kappa shape index (κ2) is 9.43. The highest BCUT2D eigenvalue weighted by atomic mass is 79.9. The van der Waals surface area contributed by atoms with Gasteiger partial charge in [0.1, 0.15) is 0 Å². The Kier molecular flexibility index (Phi) is 7.26. The Hall–Kier alpha value is -1.87. The summed E-state index contributed by atoms with van der Waals surface area (Å²) in [5.74, 6) is 0.618. The van der Waals surface area contributed by atoms with Crippen LogP contribution in [0.4, 0.5) is 5.95 Å². The Balaban J connectivity index is 1.77. The van der Waals surface area contributed by atoms with Crippen LogP contribution in [0.2, 0.25) is 0 Å². The molecule has 1 aromatic heterocycles. The molecule has 1 heterocycles. The zero-order chi connectivity index (χ0) is 17.4. The molecule has 0 saturated heterocycles. The molecule has 0 amide bonds. The molecule has 0 saturated carbocycles. The van der Waals surface area contributed by atoms with Gasteiger partial charge in [-0.15, -0.1) is 5.10 Å². The maximum absolute atomic E-state index is 11.5. The summed E-state index contributed by atoms with van der Waals surface area (Å²) in [6.07, 6.45) is 1.67. The van der Waals surface area contributed by atoms with Crippen molar-refractivity contribution in [2.24, 2.45) is 11.0 Å². The molecule has 24 heavy (non-hydrogen) atoms. The number of hydrogen-bond acceptors (Lipinski definition) is 7. The van der Waals surface area contributed by atoms with Gasteiger partial charge in [0.05, 0.1) is 18.6 Å². The summed E-state index contributed by atoms with van der Waals surface area (Å²) in [6.45, 7) is 4.40. The number of halogens is 1. The number of hydrazone groups is 1. The predicted molar refractivity (Wildman–Crippen MR) is 98.3 cm³/mol. The fourth-order valence-electron chi connectivity index (χ4n) is 1.54. The maximum atomic E-state index is 11.5. The lowest BCUT2D eigenvalue weighted by atomic mass is 10.2. The van der Waals surface area contributed by atoms with Crippen molar-refractivity contribution in [3.8, 4) is 0 Å². The quantitative estimate of drug-likeness (QED) is 0.299.